The van der Waals surface area contributed by atoms with Crippen LogP contribution in [0.3, 0.4) is 0 Å². The highest BCUT2D eigenvalue weighted by Crippen LogP contribution is 2.42. The van der Waals surface area contributed by atoms with Crippen LogP contribution in [0, 0.1) is 11.6 Å². The van der Waals surface area contributed by atoms with Gasteiger partial charge in [0.15, 0.2) is 0 Å². The minimum atomic E-state index is -0.857. The predicted octanol–water partition coefficient (Wildman–Crippen LogP) is 5.43. The first kappa shape index (κ1) is 20.8. The maximum absolute atomic E-state index is 14.4. The third-order valence-corrected chi connectivity index (χ3v) is 6.06. The average Bonchev–Trinajstić information content (AvgIpc) is 3.57. The first-order valence-electron chi connectivity index (χ1n) is 10.9. The van der Waals surface area contributed by atoms with Crippen molar-refractivity contribution in [3.63, 3.8) is 0 Å². The van der Waals surface area contributed by atoms with Crippen LogP contribution in [0.2, 0.25) is 0 Å². The number of halogens is 2. The van der Waals surface area contributed by atoms with Crippen LogP contribution in [0.15, 0.2) is 72.8 Å². The summed E-state index contributed by atoms with van der Waals surface area (Å²) in [6.07, 6.45) is 1.75. The van der Waals surface area contributed by atoms with E-state index in [-0.39, 0.29) is 0 Å². The summed E-state index contributed by atoms with van der Waals surface area (Å²) in [4.78, 5) is 20.9. The third kappa shape index (κ3) is 4.16. The summed E-state index contributed by atoms with van der Waals surface area (Å²) >= 11 is 0. The molecular formula is C26H24F2N2O2. The minimum Gasteiger partial charge on any atom is -0.315 e. The largest absolute Gasteiger partial charge is 0.315 e. The van der Waals surface area contributed by atoms with E-state index < -0.39 is 29.3 Å². The second kappa shape index (κ2) is 8.81. The SMILES string of the molecule is O=C(c1c(F)cccc1F)N1CCN(OCc2ccccc2)C1c1cccc(C2CC2)c1. The van der Waals surface area contributed by atoms with E-state index in [0.29, 0.717) is 25.6 Å². The molecule has 4 nitrogen and oxygen atoms in total. The average molecular weight is 434 g/mol. The molecule has 0 aromatic heterocycles. The second-order valence-electron chi connectivity index (χ2n) is 8.31. The Bertz CT molecular complexity index is 1100. The summed E-state index contributed by atoms with van der Waals surface area (Å²) in [5, 5.41) is 1.75. The Morgan fingerprint density at radius 1 is 0.875 bits per heavy atom. The lowest BCUT2D eigenvalue weighted by Crippen LogP contribution is -2.36. The summed E-state index contributed by atoms with van der Waals surface area (Å²) in [6, 6.07) is 21.3. The van der Waals surface area contributed by atoms with E-state index in [1.165, 1.54) is 16.5 Å². The maximum atomic E-state index is 14.4. The number of hydrogen-bond donors (Lipinski definition) is 0. The van der Waals surface area contributed by atoms with Crippen LogP contribution in [-0.2, 0) is 11.4 Å². The fourth-order valence-electron chi connectivity index (χ4n) is 4.27. The fourth-order valence-corrected chi connectivity index (χ4v) is 4.27. The minimum absolute atomic E-state index is 0.305. The van der Waals surface area contributed by atoms with Crippen LogP contribution in [0.25, 0.3) is 0 Å². The number of hydrogen-bond acceptors (Lipinski definition) is 3. The molecule has 1 heterocycles. The Morgan fingerprint density at radius 2 is 1.56 bits per heavy atom. The molecule has 1 saturated carbocycles. The van der Waals surface area contributed by atoms with Crippen molar-refractivity contribution >= 4 is 5.91 Å². The first-order chi connectivity index (χ1) is 15.6. The molecule has 164 valence electrons. The topological polar surface area (TPSA) is 32.8 Å². The van der Waals surface area contributed by atoms with E-state index in [9.17, 15) is 13.6 Å². The molecule has 0 radical (unpaired) electrons. The van der Waals surface area contributed by atoms with Gasteiger partial charge in [0.2, 0.25) is 0 Å². The Balaban J connectivity index is 1.47. The van der Waals surface area contributed by atoms with Gasteiger partial charge in [-0.2, -0.15) is 5.06 Å². The molecule has 1 aliphatic carbocycles. The Labute approximate surface area is 186 Å². The Hall–Kier alpha value is -3.09. The van der Waals surface area contributed by atoms with E-state index >= 15 is 0 Å². The lowest BCUT2D eigenvalue weighted by molar-refractivity contribution is -0.192. The Kier molecular flexibility index (Phi) is 5.72. The predicted molar refractivity (Wildman–Crippen MR) is 116 cm³/mol. The maximum Gasteiger partial charge on any atom is 0.261 e. The van der Waals surface area contributed by atoms with Crippen LogP contribution in [0.1, 0.15) is 52.0 Å². The molecule has 2 aliphatic rings. The van der Waals surface area contributed by atoms with Gasteiger partial charge >= 0.3 is 0 Å². The zero-order valence-corrected chi connectivity index (χ0v) is 17.6. The highest BCUT2D eigenvalue weighted by Gasteiger charge is 2.39. The molecule has 32 heavy (non-hydrogen) atoms. The van der Waals surface area contributed by atoms with Gasteiger partial charge in [0, 0.05) is 13.1 Å². The highest BCUT2D eigenvalue weighted by atomic mass is 19.1. The van der Waals surface area contributed by atoms with Gasteiger partial charge in [-0.25, -0.2) is 8.78 Å². The van der Waals surface area contributed by atoms with Crippen molar-refractivity contribution < 1.29 is 18.4 Å². The van der Waals surface area contributed by atoms with Crippen molar-refractivity contribution in [3.8, 4) is 0 Å². The number of carbonyl (C=O) groups excluding carboxylic acids is 1. The summed E-state index contributed by atoms with van der Waals surface area (Å²) < 4.78 is 28.8. The summed E-state index contributed by atoms with van der Waals surface area (Å²) in [7, 11) is 0. The zero-order chi connectivity index (χ0) is 22.1. The molecule has 6 heteroatoms. The molecule has 1 aliphatic heterocycles. The van der Waals surface area contributed by atoms with Crippen molar-refractivity contribution in [2.45, 2.75) is 31.5 Å². The van der Waals surface area contributed by atoms with Gasteiger partial charge in [-0.05, 0) is 47.6 Å². The summed E-state index contributed by atoms with van der Waals surface area (Å²) in [6.45, 7) is 1.09. The number of carbonyl (C=O) groups is 1. The third-order valence-electron chi connectivity index (χ3n) is 6.06. The van der Waals surface area contributed by atoms with E-state index in [1.54, 1.807) is 5.06 Å². The van der Waals surface area contributed by atoms with Crippen molar-refractivity contribution in [2.24, 2.45) is 0 Å². The van der Waals surface area contributed by atoms with Crippen molar-refractivity contribution in [1.29, 1.82) is 0 Å². The molecule has 1 unspecified atom stereocenters. The van der Waals surface area contributed by atoms with Gasteiger partial charge in [0.1, 0.15) is 23.4 Å². The van der Waals surface area contributed by atoms with Gasteiger partial charge in [-0.3, -0.25) is 9.63 Å². The Morgan fingerprint density at radius 3 is 2.28 bits per heavy atom. The number of amides is 1. The van der Waals surface area contributed by atoms with Crippen LogP contribution in [0.4, 0.5) is 8.78 Å². The molecule has 1 atom stereocenters. The van der Waals surface area contributed by atoms with Crippen molar-refractivity contribution in [3.05, 3.63) is 107 Å². The van der Waals surface area contributed by atoms with Crippen molar-refractivity contribution in [2.75, 3.05) is 13.1 Å². The second-order valence-corrected chi connectivity index (χ2v) is 8.31. The molecule has 1 amide bonds. The highest BCUT2D eigenvalue weighted by molar-refractivity contribution is 5.95. The van der Waals surface area contributed by atoms with Crippen LogP contribution >= 0.6 is 0 Å². The number of benzene rings is 3. The first-order valence-corrected chi connectivity index (χ1v) is 10.9. The molecule has 0 spiro atoms. The number of rotatable bonds is 6. The van der Waals surface area contributed by atoms with Gasteiger partial charge in [-0.15, -0.1) is 0 Å². The standard InChI is InChI=1S/C26H24F2N2O2/c27-22-10-5-11-23(28)24(22)26(31)29-14-15-30(32-17-18-6-2-1-3-7-18)25(29)21-9-4-8-20(16-21)19-12-13-19/h1-11,16,19,25H,12-15,17H2. The molecule has 0 bridgehead atoms. The summed E-state index contributed by atoms with van der Waals surface area (Å²) in [5.41, 5.74) is 2.58. The molecular weight excluding hydrogens is 410 g/mol. The molecule has 5 rings (SSSR count). The van der Waals surface area contributed by atoms with E-state index in [4.69, 9.17) is 4.84 Å². The molecule has 0 N–H and O–H groups in total. The van der Waals surface area contributed by atoms with E-state index in [1.807, 2.05) is 42.5 Å². The molecule has 1 saturated heterocycles. The molecule has 3 aromatic rings. The zero-order valence-electron chi connectivity index (χ0n) is 17.6. The van der Waals surface area contributed by atoms with E-state index in [2.05, 4.69) is 12.1 Å². The number of hydroxylamine groups is 2. The van der Waals surface area contributed by atoms with Gasteiger partial charge in [0.05, 0.1) is 6.61 Å². The fraction of sp³-hybridized carbons (Fsp3) is 0.269. The van der Waals surface area contributed by atoms with Crippen LogP contribution in [0.5, 0.6) is 0 Å². The summed E-state index contributed by atoms with van der Waals surface area (Å²) in [5.74, 6) is -1.84. The lowest BCUT2D eigenvalue weighted by atomic mass is 10.0. The van der Waals surface area contributed by atoms with Crippen LogP contribution < -0.4 is 0 Å². The molecule has 2 fully saturated rings. The van der Waals surface area contributed by atoms with Gasteiger partial charge in [0.25, 0.3) is 5.91 Å². The lowest BCUT2D eigenvalue weighted by Gasteiger charge is -2.30. The van der Waals surface area contributed by atoms with E-state index in [0.717, 1.165) is 36.1 Å². The molecule has 3 aromatic carbocycles. The van der Waals surface area contributed by atoms with Crippen LogP contribution in [-0.4, -0.2) is 29.0 Å². The number of nitrogens with zero attached hydrogens (tertiary/aromatic N) is 2. The normalized spacial score (nSPS) is 18.8. The smallest absolute Gasteiger partial charge is 0.261 e. The monoisotopic (exact) mass is 434 g/mol. The van der Waals surface area contributed by atoms with Gasteiger partial charge < -0.3 is 4.90 Å². The quantitative estimate of drug-likeness (QED) is 0.519. The van der Waals surface area contributed by atoms with Gasteiger partial charge in [-0.1, -0.05) is 60.7 Å². The van der Waals surface area contributed by atoms with Crippen molar-refractivity contribution in [1.82, 2.24) is 9.96 Å².